The van der Waals surface area contributed by atoms with Crippen LogP contribution in [-0.4, -0.2) is 26.4 Å². The maximum absolute atomic E-state index is 10.8. The van der Waals surface area contributed by atoms with Gasteiger partial charge in [0.15, 0.2) is 0 Å². The molecule has 6 heteroatoms. The van der Waals surface area contributed by atoms with Crippen molar-refractivity contribution in [2.24, 2.45) is 5.92 Å². The summed E-state index contributed by atoms with van der Waals surface area (Å²) in [5.74, 6) is 0.483. The van der Waals surface area contributed by atoms with Gasteiger partial charge < -0.3 is 5.11 Å². The minimum atomic E-state index is -0.420. The van der Waals surface area contributed by atoms with Crippen LogP contribution in [0.4, 0.5) is 5.69 Å². The standard InChI is InChI=1S/C10H17N3O3/c1-8(2)3-4-9-10(13(15)16)7-11-12(9)5-6-14/h7-8,14H,3-6H2,1-2H3. The van der Waals surface area contributed by atoms with Gasteiger partial charge in [0.05, 0.1) is 18.1 Å². The predicted molar refractivity (Wildman–Crippen MR) is 59.1 cm³/mol. The Morgan fingerprint density at radius 2 is 2.31 bits per heavy atom. The van der Waals surface area contributed by atoms with Crippen LogP contribution in [0.3, 0.4) is 0 Å². The first-order valence-electron chi connectivity index (χ1n) is 5.36. The van der Waals surface area contributed by atoms with Crippen molar-refractivity contribution < 1.29 is 10.0 Å². The first-order chi connectivity index (χ1) is 7.56. The van der Waals surface area contributed by atoms with Crippen molar-refractivity contribution in [1.82, 2.24) is 9.78 Å². The van der Waals surface area contributed by atoms with Crippen molar-refractivity contribution in [1.29, 1.82) is 0 Å². The topological polar surface area (TPSA) is 81.2 Å². The lowest BCUT2D eigenvalue weighted by Crippen LogP contribution is -2.10. The third kappa shape index (κ3) is 3.03. The van der Waals surface area contributed by atoms with E-state index < -0.39 is 4.92 Å². The second-order valence-corrected chi connectivity index (χ2v) is 4.11. The smallest absolute Gasteiger partial charge is 0.310 e. The van der Waals surface area contributed by atoms with Gasteiger partial charge >= 0.3 is 5.69 Å². The van der Waals surface area contributed by atoms with E-state index in [0.717, 1.165) is 6.42 Å². The summed E-state index contributed by atoms with van der Waals surface area (Å²) in [4.78, 5) is 10.4. The number of aliphatic hydroxyl groups is 1. The summed E-state index contributed by atoms with van der Waals surface area (Å²) in [7, 11) is 0. The molecule has 16 heavy (non-hydrogen) atoms. The number of aliphatic hydroxyl groups excluding tert-OH is 1. The van der Waals surface area contributed by atoms with Crippen LogP contribution in [0.15, 0.2) is 6.20 Å². The van der Waals surface area contributed by atoms with Crippen LogP contribution in [-0.2, 0) is 13.0 Å². The molecule has 1 rings (SSSR count). The largest absolute Gasteiger partial charge is 0.394 e. The molecule has 0 aliphatic carbocycles. The fourth-order valence-electron chi connectivity index (χ4n) is 1.52. The van der Waals surface area contributed by atoms with E-state index in [9.17, 15) is 10.1 Å². The summed E-state index contributed by atoms with van der Waals surface area (Å²) in [6.45, 7) is 4.38. The summed E-state index contributed by atoms with van der Waals surface area (Å²) >= 11 is 0. The van der Waals surface area contributed by atoms with E-state index in [0.29, 0.717) is 24.6 Å². The molecule has 1 aromatic rings. The maximum Gasteiger partial charge on any atom is 0.310 e. The Balaban J connectivity index is 2.89. The average Bonchev–Trinajstić information content (AvgIpc) is 2.58. The normalized spacial score (nSPS) is 11.0. The van der Waals surface area contributed by atoms with Crippen LogP contribution in [0, 0.1) is 16.0 Å². The van der Waals surface area contributed by atoms with Gasteiger partial charge in [0.1, 0.15) is 11.9 Å². The lowest BCUT2D eigenvalue weighted by atomic mass is 10.1. The zero-order valence-corrected chi connectivity index (χ0v) is 9.59. The van der Waals surface area contributed by atoms with Gasteiger partial charge in [-0.3, -0.25) is 14.8 Å². The van der Waals surface area contributed by atoms with Gasteiger partial charge in [-0.2, -0.15) is 5.10 Å². The Labute approximate surface area is 94.0 Å². The van der Waals surface area contributed by atoms with Gasteiger partial charge in [-0.15, -0.1) is 0 Å². The fourth-order valence-corrected chi connectivity index (χ4v) is 1.52. The zero-order valence-electron chi connectivity index (χ0n) is 9.59. The minimum Gasteiger partial charge on any atom is -0.394 e. The second-order valence-electron chi connectivity index (χ2n) is 4.11. The van der Waals surface area contributed by atoms with Gasteiger partial charge in [0.2, 0.25) is 0 Å². The number of nitrogens with zero attached hydrogens (tertiary/aromatic N) is 3. The summed E-state index contributed by atoms with van der Waals surface area (Å²) in [6.07, 6.45) is 2.75. The van der Waals surface area contributed by atoms with Crippen molar-refractivity contribution in [2.75, 3.05) is 6.61 Å². The highest BCUT2D eigenvalue weighted by Crippen LogP contribution is 2.20. The lowest BCUT2D eigenvalue weighted by Gasteiger charge is -2.06. The molecule has 1 aromatic heterocycles. The Morgan fingerprint density at radius 3 is 2.81 bits per heavy atom. The Bertz CT molecular complexity index is 360. The van der Waals surface area contributed by atoms with Crippen LogP contribution in [0.2, 0.25) is 0 Å². The average molecular weight is 227 g/mol. The molecule has 0 bridgehead atoms. The van der Waals surface area contributed by atoms with E-state index in [4.69, 9.17) is 5.11 Å². The number of hydrogen-bond acceptors (Lipinski definition) is 4. The van der Waals surface area contributed by atoms with Crippen molar-refractivity contribution in [3.63, 3.8) is 0 Å². The van der Waals surface area contributed by atoms with Crippen molar-refractivity contribution in [3.8, 4) is 0 Å². The van der Waals surface area contributed by atoms with Crippen LogP contribution >= 0.6 is 0 Å². The SMILES string of the molecule is CC(C)CCc1c([N+](=O)[O-])cnn1CCO. The summed E-state index contributed by atoms with van der Waals surface area (Å²) in [5, 5.41) is 23.5. The molecule has 1 N–H and O–H groups in total. The Kier molecular flexibility index (Phi) is 4.42. The molecular formula is C10H17N3O3. The number of aromatic nitrogens is 2. The van der Waals surface area contributed by atoms with Crippen LogP contribution < -0.4 is 0 Å². The maximum atomic E-state index is 10.8. The van der Waals surface area contributed by atoms with Crippen molar-refractivity contribution in [2.45, 2.75) is 33.2 Å². The molecule has 0 aromatic carbocycles. The number of rotatable bonds is 6. The summed E-state index contributed by atoms with van der Waals surface area (Å²) in [5.41, 5.74) is 0.654. The van der Waals surface area contributed by atoms with Gasteiger partial charge in [-0.05, 0) is 18.8 Å². The van der Waals surface area contributed by atoms with Gasteiger partial charge in [-0.25, -0.2) is 0 Å². The number of nitro groups is 1. The predicted octanol–water partition coefficient (Wildman–Crippen LogP) is 1.37. The monoisotopic (exact) mass is 227 g/mol. The van der Waals surface area contributed by atoms with Gasteiger partial charge in [0, 0.05) is 0 Å². The fraction of sp³-hybridized carbons (Fsp3) is 0.700. The van der Waals surface area contributed by atoms with Crippen LogP contribution in [0.5, 0.6) is 0 Å². The molecule has 6 nitrogen and oxygen atoms in total. The van der Waals surface area contributed by atoms with E-state index in [2.05, 4.69) is 18.9 Å². The molecule has 90 valence electrons. The zero-order chi connectivity index (χ0) is 12.1. The molecule has 0 amide bonds. The first kappa shape index (κ1) is 12.6. The van der Waals surface area contributed by atoms with E-state index in [-0.39, 0.29) is 12.3 Å². The second kappa shape index (κ2) is 5.60. The van der Waals surface area contributed by atoms with E-state index in [1.54, 1.807) is 0 Å². The molecular weight excluding hydrogens is 210 g/mol. The summed E-state index contributed by atoms with van der Waals surface area (Å²) in [6, 6.07) is 0. The molecule has 0 aliphatic rings. The van der Waals surface area contributed by atoms with Crippen LogP contribution in [0.1, 0.15) is 26.0 Å². The lowest BCUT2D eigenvalue weighted by molar-refractivity contribution is -0.385. The molecule has 0 aliphatic heterocycles. The third-order valence-electron chi connectivity index (χ3n) is 2.39. The Morgan fingerprint density at radius 1 is 1.62 bits per heavy atom. The molecule has 0 saturated carbocycles. The van der Waals surface area contributed by atoms with E-state index in [1.165, 1.54) is 10.9 Å². The molecule has 0 saturated heterocycles. The molecule has 1 heterocycles. The first-order valence-corrected chi connectivity index (χ1v) is 5.36. The van der Waals surface area contributed by atoms with Crippen molar-refractivity contribution >= 4 is 5.69 Å². The van der Waals surface area contributed by atoms with Crippen molar-refractivity contribution in [3.05, 3.63) is 22.0 Å². The van der Waals surface area contributed by atoms with E-state index in [1.807, 2.05) is 0 Å². The molecule has 0 atom stereocenters. The van der Waals surface area contributed by atoms with Gasteiger partial charge in [0.25, 0.3) is 0 Å². The molecule has 0 spiro atoms. The van der Waals surface area contributed by atoms with E-state index >= 15 is 0 Å². The quantitative estimate of drug-likeness (QED) is 0.588. The minimum absolute atomic E-state index is 0.0501. The summed E-state index contributed by atoms with van der Waals surface area (Å²) < 4.78 is 1.51. The highest BCUT2D eigenvalue weighted by molar-refractivity contribution is 5.33. The van der Waals surface area contributed by atoms with Gasteiger partial charge in [-0.1, -0.05) is 13.8 Å². The number of hydrogen-bond donors (Lipinski definition) is 1. The highest BCUT2D eigenvalue weighted by Gasteiger charge is 2.19. The highest BCUT2D eigenvalue weighted by atomic mass is 16.6. The molecule has 0 unspecified atom stereocenters. The van der Waals surface area contributed by atoms with Crippen LogP contribution in [0.25, 0.3) is 0 Å². The molecule has 0 fully saturated rings. The Hall–Kier alpha value is -1.43. The third-order valence-corrected chi connectivity index (χ3v) is 2.39. The molecule has 0 radical (unpaired) electrons.